The van der Waals surface area contributed by atoms with E-state index >= 15 is 0 Å². The van der Waals surface area contributed by atoms with Crippen molar-refractivity contribution in [1.82, 2.24) is 5.32 Å². The van der Waals surface area contributed by atoms with Crippen molar-refractivity contribution >= 4 is 23.2 Å². The second-order valence-electron chi connectivity index (χ2n) is 3.41. The summed E-state index contributed by atoms with van der Waals surface area (Å²) in [5.41, 5.74) is 2.27. The van der Waals surface area contributed by atoms with Gasteiger partial charge in [-0.2, -0.15) is 0 Å². The molecule has 0 saturated heterocycles. The van der Waals surface area contributed by atoms with E-state index in [4.69, 9.17) is 23.2 Å². The fourth-order valence-electron chi connectivity index (χ4n) is 1.48. The van der Waals surface area contributed by atoms with Crippen LogP contribution in [-0.2, 0) is 6.42 Å². The number of halogens is 2. The van der Waals surface area contributed by atoms with Gasteiger partial charge in [0.1, 0.15) is 0 Å². The van der Waals surface area contributed by atoms with Crippen LogP contribution in [0.15, 0.2) is 47.1 Å². The Balaban J connectivity index is 2.15. The minimum absolute atomic E-state index is 0.760. The molecule has 78 valence electrons. The predicted octanol–water partition coefficient (Wildman–Crippen LogP) is 3.49. The van der Waals surface area contributed by atoms with Crippen molar-refractivity contribution < 1.29 is 0 Å². The highest BCUT2D eigenvalue weighted by molar-refractivity contribution is 6.31. The number of benzene rings is 1. The first-order chi connectivity index (χ1) is 7.25. The molecule has 1 heterocycles. The second-order valence-corrected chi connectivity index (χ2v) is 4.26. The summed E-state index contributed by atoms with van der Waals surface area (Å²) < 4.78 is 0. The van der Waals surface area contributed by atoms with Crippen molar-refractivity contribution in [2.45, 2.75) is 6.42 Å². The van der Waals surface area contributed by atoms with Crippen LogP contribution in [0.25, 0.3) is 0 Å². The Morgan fingerprint density at radius 3 is 2.53 bits per heavy atom. The number of hydrogen-bond donors (Lipinski definition) is 1. The van der Waals surface area contributed by atoms with Gasteiger partial charge in [0.05, 0.1) is 5.03 Å². The third kappa shape index (κ3) is 2.77. The van der Waals surface area contributed by atoms with Crippen LogP contribution >= 0.6 is 23.2 Å². The molecule has 1 N–H and O–H groups in total. The summed E-state index contributed by atoms with van der Waals surface area (Å²) in [7, 11) is 0. The van der Waals surface area contributed by atoms with Gasteiger partial charge in [-0.1, -0.05) is 41.4 Å². The highest BCUT2D eigenvalue weighted by atomic mass is 35.5. The third-order valence-electron chi connectivity index (χ3n) is 2.28. The van der Waals surface area contributed by atoms with Crippen LogP contribution in [0.2, 0.25) is 5.02 Å². The van der Waals surface area contributed by atoms with Gasteiger partial charge in [-0.25, -0.2) is 0 Å². The minimum Gasteiger partial charge on any atom is -0.383 e. The molecule has 0 radical (unpaired) electrons. The molecular weight excluding hydrogens is 229 g/mol. The van der Waals surface area contributed by atoms with E-state index in [2.05, 4.69) is 5.32 Å². The van der Waals surface area contributed by atoms with Crippen LogP contribution in [0.4, 0.5) is 0 Å². The van der Waals surface area contributed by atoms with E-state index in [1.165, 1.54) is 5.56 Å². The van der Waals surface area contributed by atoms with E-state index < -0.39 is 0 Å². The number of rotatable bonds is 2. The fraction of sp³-hybridized carbons (Fsp3) is 0.167. The Morgan fingerprint density at radius 2 is 1.87 bits per heavy atom. The molecule has 0 aromatic heterocycles. The zero-order valence-electron chi connectivity index (χ0n) is 8.13. The summed E-state index contributed by atoms with van der Waals surface area (Å²) in [6.45, 7) is 0.846. The summed E-state index contributed by atoms with van der Waals surface area (Å²) >= 11 is 11.9. The Morgan fingerprint density at radius 1 is 1.13 bits per heavy atom. The molecule has 1 nitrogen and oxygen atoms in total. The van der Waals surface area contributed by atoms with Gasteiger partial charge in [-0.3, -0.25) is 0 Å². The molecule has 0 amide bonds. The van der Waals surface area contributed by atoms with Crippen molar-refractivity contribution in [3.63, 3.8) is 0 Å². The average molecular weight is 240 g/mol. The highest BCUT2D eigenvalue weighted by Gasteiger charge is 2.06. The Hall–Kier alpha value is -0.920. The topological polar surface area (TPSA) is 12.0 Å². The van der Waals surface area contributed by atoms with E-state index in [1.807, 2.05) is 36.4 Å². The van der Waals surface area contributed by atoms with Crippen LogP contribution in [0.1, 0.15) is 5.56 Å². The molecule has 1 aliphatic rings. The molecule has 1 aliphatic heterocycles. The smallest absolute Gasteiger partial charge is 0.0596 e. The number of dihydropyridines is 1. The van der Waals surface area contributed by atoms with Crippen molar-refractivity contribution in [3.05, 3.63) is 57.7 Å². The summed E-state index contributed by atoms with van der Waals surface area (Å²) in [6, 6.07) is 7.81. The molecule has 0 saturated carbocycles. The standard InChI is InChI=1S/C12H11Cl2N/c13-10-5-3-9(4-6-10)8-12-11(14)2-1-7-15-12/h1-6,15H,7-8H2. The molecule has 3 heteroatoms. The van der Waals surface area contributed by atoms with E-state index in [-0.39, 0.29) is 0 Å². The van der Waals surface area contributed by atoms with Crippen molar-refractivity contribution in [1.29, 1.82) is 0 Å². The van der Waals surface area contributed by atoms with Gasteiger partial charge in [-0.05, 0) is 23.8 Å². The van der Waals surface area contributed by atoms with Crippen molar-refractivity contribution in [2.75, 3.05) is 6.54 Å². The molecule has 1 aromatic carbocycles. The number of hydrogen-bond acceptors (Lipinski definition) is 1. The Kier molecular flexibility index (Phi) is 3.34. The quantitative estimate of drug-likeness (QED) is 0.834. The molecule has 0 spiro atoms. The average Bonchev–Trinajstić information content (AvgIpc) is 2.25. The van der Waals surface area contributed by atoms with Gasteiger partial charge in [0.15, 0.2) is 0 Å². The molecule has 0 unspecified atom stereocenters. The zero-order chi connectivity index (χ0) is 10.7. The summed E-state index contributed by atoms with van der Waals surface area (Å²) in [4.78, 5) is 0. The van der Waals surface area contributed by atoms with Gasteiger partial charge >= 0.3 is 0 Å². The number of allylic oxidation sites excluding steroid dienone is 3. The monoisotopic (exact) mass is 239 g/mol. The maximum atomic E-state index is 6.07. The molecule has 0 aliphatic carbocycles. The first-order valence-electron chi connectivity index (χ1n) is 4.79. The lowest BCUT2D eigenvalue weighted by Crippen LogP contribution is -2.18. The molecule has 0 fully saturated rings. The van der Waals surface area contributed by atoms with Crippen LogP contribution in [-0.4, -0.2) is 6.54 Å². The van der Waals surface area contributed by atoms with Crippen LogP contribution < -0.4 is 5.32 Å². The Bertz CT molecular complexity index is 404. The van der Waals surface area contributed by atoms with E-state index in [0.717, 1.165) is 28.7 Å². The predicted molar refractivity (Wildman–Crippen MR) is 65.2 cm³/mol. The lowest BCUT2D eigenvalue weighted by Gasteiger charge is -2.14. The summed E-state index contributed by atoms with van der Waals surface area (Å²) in [6.07, 6.45) is 4.76. The van der Waals surface area contributed by atoms with Gasteiger partial charge in [0.2, 0.25) is 0 Å². The molecule has 0 atom stereocenters. The maximum absolute atomic E-state index is 6.07. The number of nitrogens with one attached hydrogen (secondary N) is 1. The highest BCUT2D eigenvalue weighted by Crippen LogP contribution is 2.18. The third-order valence-corrected chi connectivity index (χ3v) is 2.89. The van der Waals surface area contributed by atoms with Gasteiger partial charge < -0.3 is 5.32 Å². The first kappa shape index (κ1) is 10.6. The van der Waals surface area contributed by atoms with Crippen molar-refractivity contribution in [3.8, 4) is 0 Å². The molecule has 1 aromatic rings. The van der Waals surface area contributed by atoms with Crippen molar-refractivity contribution in [2.24, 2.45) is 0 Å². The molecule has 15 heavy (non-hydrogen) atoms. The fourth-order valence-corrected chi connectivity index (χ4v) is 1.83. The van der Waals surface area contributed by atoms with E-state index in [0.29, 0.717) is 0 Å². The molecule has 0 bridgehead atoms. The minimum atomic E-state index is 0.760. The van der Waals surface area contributed by atoms with Gasteiger partial charge in [-0.15, -0.1) is 0 Å². The second kappa shape index (κ2) is 4.73. The maximum Gasteiger partial charge on any atom is 0.0596 e. The normalized spacial score (nSPS) is 15.3. The Labute approximate surface area is 99.4 Å². The van der Waals surface area contributed by atoms with Gasteiger partial charge in [0.25, 0.3) is 0 Å². The van der Waals surface area contributed by atoms with Crippen LogP contribution in [0.3, 0.4) is 0 Å². The molecular formula is C12H11Cl2N. The van der Waals surface area contributed by atoms with E-state index in [1.54, 1.807) is 0 Å². The van der Waals surface area contributed by atoms with Crippen LogP contribution in [0.5, 0.6) is 0 Å². The lowest BCUT2D eigenvalue weighted by molar-refractivity contribution is 0.841. The lowest BCUT2D eigenvalue weighted by atomic mass is 10.1. The SMILES string of the molecule is ClC1=C(Cc2ccc(Cl)cc2)NCC=C1. The molecule has 2 rings (SSSR count). The zero-order valence-corrected chi connectivity index (χ0v) is 9.65. The summed E-state index contributed by atoms with van der Waals surface area (Å²) in [5.74, 6) is 0. The van der Waals surface area contributed by atoms with Gasteiger partial charge in [0, 0.05) is 23.7 Å². The first-order valence-corrected chi connectivity index (χ1v) is 5.55. The summed E-state index contributed by atoms with van der Waals surface area (Å²) in [5, 5.41) is 4.81. The largest absolute Gasteiger partial charge is 0.383 e. The van der Waals surface area contributed by atoms with E-state index in [9.17, 15) is 0 Å². The van der Waals surface area contributed by atoms with Crippen LogP contribution in [0, 0.1) is 0 Å².